The van der Waals surface area contributed by atoms with Crippen molar-refractivity contribution in [3.05, 3.63) is 27.3 Å². The smallest absolute Gasteiger partial charge is 0.101 e. The zero-order valence-corrected chi connectivity index (χ0v) is 10.6. The molecule has 14 heavy (non-hydrogen) atoms. The van der Waals surface area contributed by atoms with Gasteiger partial charge in [-0.25, -0.2) is 0 Å². The average molecular weight is 300 g/mol. The highest BCUT2D eigenvalue weighted by molar-refractivity contribution is 14.1. The quantitative estimate of drug-likeness (QED) is 0.802. The van der Waals surface area contributed by atoms with Crippen molar-refractivity contribution in [2.45, 2.75) is 13.8 Å². The summed E-state index contributed by atoms with van der Waals surface area (Å²) in [6.45, 7) is 6.07. The third-order valence-electron chi connectivity index (χ3n) is 2.18. The van der Waals surface area contributed by atoms with Crippen LogP contribution in [0.3, 0.4) is 0 Å². The Morgan fingerprint density at radius 3 is 2.50 bits per heavy atom. The molecule has 0 fully saturated rings. The van der Waals surface area contributed by atoms with E-state index in [0.29, 0.717) is 0 Å². The summed E-state index contributed by atoms with van der Waals surface area (Å²) >= 11 is 2.22. The van der Waals surface area contributed by atoms with Crippen molar-refractivity contribution in [1.82, 2.24) is 0 Å². The Balaban J connectivity index is 3.14. The Bertz CT molecular complexity index is 351. The third kappa shape index (κ3) is 2.38. The Morgan fingerprint density at radius 1 is 1.36 bits per heavy atom. The van der Waals surface area contributed by atoms with Crippen molar-refractivity contribution >= 4 is 28.3 Å². The van der Waals surface area contributed by atoms with Gasteiger partial charge in [-0.1, -0.05) is 0 Å². The summed E-state index contributed by atoms with van der Waals surface area (Å²) in [4.78, 5) is 2.19. The Morgan fingerprint density at radius 2 is 2.00 bits per heavy atom. The molecule has 0 heterocycles. The zero-order valence-electron chi connectivity index (χ0n) is 8.42. The number of nitriles is 1. The van der Waals surface area contributed by atoms with Gasteiger partial charge in [0.25, 0.3) is 0 Å². The molecule has 0 spiro atoms. The number of benzene rings is 1. The maximum atomic E-state index is 9.00. The Labute approximate surface area is 98.7 Å². The van der Waals surface area contributed by atoms with E-state index in [9.17, 15) is 0 Å². The van der Waals surface area contributed by atoms with Crippen molar-refractivity contribution in [2.24, 2.45) is 0 Å². The van der Waals surface area contributed by atoms with Gasteiger partial charge in [-0.05, 0) is 54.6 Å². The molecule has 0 aliphatic rings. The standard InChI is InChI=1S/C11H13IN2/c1-3-14(4-2)11-6-5-10(12)7-9(11)8-13/h5-7H,3-4H2,1-2H3. The fraction of sp³-hybridized carbons (Fsp3) is 0.364. The third-order valence-corrected chi connectivity index (χ3v) is 2.85. The molecule has 0 bridgehead atoms. The molecule has 1 aromatic carbocycles. The SMILES string of the molecule is CCN(CC)c1ccc(I)cc1C#N. The molecule has 1 rings (SSSR count). The van der Waals surface area contributed by atoms with E-state index in [2.05, 4.69) is 47.4 Å². The lowest BCUT2D eigenvalue weighted by Crippen LogP contribution is -2.22. The van der Waals surface area contributed by atoms with Crippen molar-refractivity contribution in [1.29, 1.82) is 5.26 Å². The van der Waals surface area contributed by atoms with E-state index in [1.807, 2.05) is 18.2 Å². The van der Waals surface area contributed by atoms with Gasteiger partial charge in [0.15, 0.2) is 0 Å². The van der Waals surface area contributed by atoms with Crippen LogP contribution in [0.4, 0.5) is 5.69 Å². The maximum absolute atomic E-state index is 9.00. The van der Waals surface area contributed by atoms with E-state index in [1.54, 1.807) is 0 Å². The van der Waals surface area contributed by atoms with Crippen molar-refractivity contribution in [3.63, 3.8) is 0 Å². The minimum absolute atomic E-state index is 0.764. The first-order valence-electron chi connectivity index (χ1n) is 4.67. The summed E-state index contributed by atoms with van der Waals surface area (Å²) in [5.41, 5.74) is 1.80. The summed E-state index contributed by atoms with van der Waals surface area (Å²) in [6, 6.07) is 8.22. The summed E-state index contributed by atoms with van der Waals surface area (Å²) in [6.07, 6.45) is 0. The number of nitrogens with zero attached hydrogens (tertiary/aromatic N) is 2. The molecule has 0 saturated carbocycles. The van der Waals surface area contributed by atoms with Crippen molar-refractivity contribution in [3.8, 4) is 6.07 Å². The van der Waals surface area contributed by atoms with Gasteiger partial charge in [-0.3, -0.25) is 0 Å². The molecule has 0 radical (unpaired) electrons. The molecule has 0 atom stereocenters. The van der Waals surface area contributed by atoms with Crippen LogP contribution in [0.25, 0.3) is 0 Å². The first kappa shape index (κ1) is 11.3. The van der Waals surface area contributed by atoms with Crippen LogP contribution in [0.1, 0.15) is 19.4 Å². The molecular formula is C11H13IN2. The van der Waals surface area contributed by atoms with Gasteiger partial charge < -0.3 is 4.90 Å². The van der Waals surface area contributed by atoms with Crippen LogP contribution >= 0.6 is 22.6 Å². The number of hydrogen-bond acceptors (Lipinski definition) is 2. The largest absolute Gasteiger partial charge is 0.371 e. The molecule has 1 aromatic rings. The molecule has 0 unspecified atom stereocenters. The highest BCUT2D eigenvalue weighted by Gasteiger charge is 2.07. The van der Waals surface area contributed by atoms with E-state index < -0.39 is 0 Å². The first-order valence-corrected chi connectivity index (χ1v) is 5.75. The van der Waals surface area contributed by atoms with E-state index in [-0.39, 0.29) is 0 Å². The topological polar surface area (TPSA) is 27.0 Å². The van der Waals surface area contributed by atoms with Gasteiger partial charge in [0.2, 0.25) is 0 Å². The minimum Gasteiger partial charge on any atom is -0.371 e. The van der Waals surface area contributed by atoms with E-state index in [0.717, 1.165) is 27.9 Å². The normalized spacial score (nSPS) is 9.57. The van der Waals surface area contributed by atoms with E-state index in [1.165, 1.54) is 0 Å². The predicted octanol–water partition coefficient (Wildman–Crippen LogP) is 3.01. The first-order chi connectivity index (χ1) is 6.72. The molecule has 74 valence electrons. The molecule has 3 heteroatoms. The van der Waals surface area contributed by atoms with Crippen LogP contribution in [0, 0.1) is 14.9 Å². The summed E-state index contributed by atoms with van der Waals surface area (Å²) < 4.78 is 1.11. The fourth-order valence-corrected chi connectivity index (χ4v) is 1.93. The van der Waals surface area contributed by atoms with Crippen LogP contribution in [-0.2, 0) is 0 Å². The molecule has 0 aliphatic carbocycles. The van der Waals surface area contributed by atoms with Gasteiger partial charge in [-0.15, -0.1) is 0 Å². The number of anilines is 1. The Kier molecular flexibility index (Phi) is 4.21. The second kappa shape index (κ2) is 5.20. The van der Waals surface area contributed by atoms with Crippen LogP contribution in [0.15, 0.2) is 18.2 Å². The lowest BCUT2D eigenvalue weighted by molar-refractivity contribution is 0.864. The van der Waals surface area contributed by atoms with E-state index >= 15 is 0 Å². The molecule has 0 N–H and O–H groups in total. The molecule has 2 nitrogen and oxygen atoms in total. The fourth-order valence-electron chi connectivity index (χ4n) is 1.44. The number of halogens is 1. The van der Waals surface area contributed by atoms with Crippen molar-refractivity contribution in [2.75, 3.05) is 18.0 Å². The highest BCUT2D eigenvalue weighted by Crippen LogP contribution is 2.21. The number of hydrogen-bond donors (Lipinski definition) is 0. The lowest BCUT2D eigenvalue weighted by atomic mass is 10.2. The van der Waals surface area contributed by atoms with Crippen molar-refractivity contribution < 1.29 is 0 Å². The summed E-state index contributed by atoms with van der Waals surface area (Å²) in [5, 5.41) is 9.00. The van der Waals surface area contributed by atoms with E-state index in [4.69, 9.17) is 5.26 Å². The monoisotopic (exact) mass is 300 g/mol. The van der Waals surface area contributed by atoms with Gasteiger partial charge >= 0.3 is 0 Å². The van der Waals surface area contributed by atoms with Gasteiger partial charge in [-0.2, -0.15) is 5.26 Å². The lowest BCUT2D eigenvalue weighted by Gasteiger charge is -2.22. The second-order valence-electron chi connectivity index (χ2n) is 2.95. The Hall–Kier alpha value is -0.760. The molecule has 0 aromatic heterocycles. The molecule has 0 saturated heterocycles. The maximum Gasteiger partial charge on any atom is 0.101 e. The minimum atomic E-state index is 0.764. The van der Waals surface area contributed by atoms with Crippen LogP contribution in [0.5, 0.6) is 0 Å². The molecule has 0 aliphatic heterocycles. The highest BCUT2D eigenvalue weighted by atomic mass is 127. The summed E-state index contributed by atoms with van der Waals surface area (Å²) in [5.74, 6) is 0. The molecule has 0 amide bonds. The van der Waals surface area contributed by atoms with Crippen LogP contribution in [0.2, 0.25) is 0 Å². The average Bonchev–Trinajstić information content (AvgIpc) is 2.21. The van der Waals surface area contributed by atoms with Gasteiger partial charge in [0, 0.05) is 16.7 Å². The number of rotatable bonds is 3. The van der Waals surface area contributed by atoms with Gasteiger partial charge in [0.05, 0.1) is 11.3 Å². The van der Waals surface area contributed by atoms with Crippen LogP contribution < -0.4 is 4.90 Å². The zero-order chi connectivity index (χ0) is 10.6. The summed E-state index contributed by atoms with van der Waals surface area (Å²) in [7, 11) is 0. The molecular weight excluding hydrogens is 287 g/mol. The second-order valence-corrected chi connectivity index (χ2v) is 4.19. The van der Waals surface area contributed by atoms with Gasteiger partial charge in [0.1, 0.15) is 6.07 Å². The predicted molar refractivity (Wildman–Crippen MR) is 67.4 cm³/mol. The van der Waals surface area contributed by atoms with Crippen LogP contribution in [-0.4, -0.2) is 13.1 Å².